The molecule has 4 nitrogen and oxygen atoms in total. The van der Waals surface area contributed by atoms with E-state index >= 15 is 0 Å². The van der Waals surface area contributed by atoms with Crippen molar-refractivity contribution < 1.29 is 4.74 Å². The maximum atomic E-state index is 5.64. The van der Waals surface area contributed by atoms with E-state index in [-0.39, 0.29) is 0 Å². The van der Waals surface area contributed by atoms with Gasteiger partial charge in [-0.2, -0.15) is 0 Å². The summed E-state index contributed by atoms with van der Waals surface area (Å²) in [5.74, 6) is 0. The van der Waals surface area contributed by atoms with Gasteiger partial charge in [-0.15, -0.1) is 10.2 Å². The van der Waals surface area contributed by atoms with E-state index in [1.807, 2.05) is 6.92 Å². The normalized spacial score (nSPS) is 22.0. The molecule has 2 heterocycles. The zero-order chi connectivity index (χ0) is 10.7. The summed E-state index contributed by atoms with van der Waals surface area (Å²) in [4.78, 5) is 2.26. The first-order chi connectivity index (χ1) is 7.29. The largest absolute Gasteiger partial charge is 0.377 e. The smallest absolute Gasteiger partial charge is 0.209 e. The van der Waals surface area contributed by atoms with Gasteiger partial charge in [-0.3, -0.25) is 0 Å². The lowest BCUT2D eigenvalue weighted by Gasteiger charge is -2.31. The van der Waals surface area contributed by atoms with Crippen LogP contribution in [0.5, 0.6) is 0 Å². The van der Waals surface area contributed by atoms with E-state index in [0.29, 0.717) is 6.10 Å². The van der Waals surface area contributed by atoms with Gasteiger partial charge in [0.05, 0.1) is 6.10 Å². The summed E-state index contributed by atoms with van der Waals surface area (Å²) in [5.41, 5.74) is 0. The van der Waals surface area contributed by atoms with Crippen LogP contribution in [-0.2, 0) is 4.74 Å². The average molecular weight is 292 g/mol. The van der Waals surface area contributed by atoms with Crippen molar-refractivity contribution in [2.45, 2.75) is 25.9 Å². The van der Waals surface area contributed by atoms with Gasteiger partial charge in [0.15, 0.2) is 3.92 Å². The molecule has 15 heavy (non-hydrogen) atoms. The number of piperidine rings is 1. The molecule has 1 aliphatic heterocycles. The van der Waals surface area contributed by atoms with Crippen molar-refractivity contribution >= 4 is 32.4 Å². The lowest BCUT2D eigenvalue weighted by Crippen LogP contribution is -2.39. The van der Waals surface area contributed by atoms with Crippen molar-refractivity contribution in [1.29, 1.82) is 0 Å². The fourth-order valence-corrected chi connectivity index (χ4v) is 2.93. The zero-order valence-corrected chi connectivity index (χ0v) is 11.1. The molecule has 84 valence electrons. The summed E-state index contributed by atoms with van der Waals surface area (Å²) in [7, 11) is 0. The van der Waals surface area contributed by atoms with Crippen molar-refractivity contribution in [3.8, 4) is 0 Å². The molecule has 1 unspecified atom stereocenters. The SMILES string of the molecule is CCOC1CCCN(c2nnc(Br)s2)C1. The number of aromatic nitrogens is 2. The van der Waals surface area contributed by atoms with E-state index in [1.165, 1.54) is 6.42 Å². The number of ether oxygens (including phenoxy) is 1. The van der Waals surface area contributed by atoms with Crippen LogP contribution < -0.4 is 4.90 Å². The first-order valence-electron chi connectivity index (χ1n) is 5.15. The maximum Gasteiger partial charge on any atom is 0.209 e. The number of halogens is 1. The molecule has 1 aromatic rings. The van der Waals surface area contributed by atoms with E-state index in [4.69, 9.17) is 4.74 Å². The standard InChI is InChI=1S/C9H14BrN3OS/c1-2-14-7-4-3-5-13(6-7)9-12-11-8(10)15-9/h7H,2-6H2,1H3. The molecule has 0 bridgehead atoms. The van der Waals surface area contributed by atoms with E-state index in [2.05, 4.69) is 31.0 Å². The predicted octanol–water partition coefficient (Wildman–Crippen LogP) is 2.31. The van der Waals surface area contributed by atoms with Gasteiger partial charge in [-0.1, -0.05) is 11.3 Å². The van der Waals surface area contributed by atoms with Crippen LogP contribution in [0, 0.1) is 0 Å². The van der Waals surface area contributed by atoms with Crippen LogP contribution in [0.25, 0.3) is 0 Å². The molecule has 1 saturated heterocycles. The molecule has 0 aromatic carbocycles. The van der Waals surface area contributed by atoms with Gasteiger partial charge in [0.2, 0.25) is 5.13 Å². The van der Waals surface area contributed by atoms with Crippen LogP contribution >= 0.6 is 27.3 Å². The quantitative estimate of drug-likeness (QED) is 0.857. The molecule has 0 N–H and O–H groups in total. The third kappa shape index (κ3) is 2.89. The van der Waals surface area contributed by atoms with Crippen molar-refractivity contribution in [3.05, 3.63) is 3.92 Å². The second-order valence-corrected chi connectivity index (χ2v) is 5.74. The molecule has 0 saturated carbocycles. The van der Waals surface area contributed by atoms with Crippen LogP contribution in [0.1, 0.15) is 19.8 Å². The average Bonchev–Trinajstić information content (AvgIpc) is 2.66. The zero-order valence-electron chi connectivity index (χ0n) is 8.65. The minimum atomic E-state index is 0.353. The van der Waals surface area contributed by atoms with Crippen molar-refractivity contribution in [2.75, 3.05) is 24.6 Å². The summed E-state index contributed by atoms with van der Waals surface area (Å²) in [6.07, 6.45) is 2.68. The molecule has 2 rings (SSSR count). The summed E-state index contributed by atoms with van der Waals surface area (Å²) in [6, 6.07) is 0. The summed E-state index contributed by atoms with van der Waals surface area (Å²) < 4.78 is 6.49. The number of hydrogen-bond donors (Lipinski definition) is 0. The van der Waals surface area contributed by atoms with Gasteiger partial charge in [-0.05, 0) is 35.7 Å². The number of anilines is 1. The molecule has 0 aliphatic carbocycles. The van der Waals surface area contributed by atoms with Gasteiger partial charge in [0.1, 0.15) is 0 Å². The summed E-state index contributed by atoms with van der Waals surface area (Å²) >= 11 is 4.91. The monoisotopic (exact) mass is 291 g/mol. The lowest BCUT2D eigenvalue weighted by atomic mass is 10.1. The third-order valence-electron chi connectivity index (χ3n) is 2.44. The molecule has 0 spiro atoms. The molecule has 6 heteroatoms. The van der Waals surface area contributed by atoms with Gasteiger partial charge in [0, 0.05) is 19.7 Å². The second-order valence-electron chi connectivity index (χ2n) is 3.50. The van der Waals surface area contributed by atoms with E-state index in [9.17, 15) is 0 Å². The van der Waals surface area contributed by atoms with Crippen LogP contribution in [0.2, 0.25) is 0 Å². The molecular weight excluding hydrogens is 278 g/mol. The Morgan fingerprint density at radius 1 is 1.60 bits per heavy atom. The first kappa shape index (κ1) is 11.3. The minimum absolute atomic E-state index is 0.353. The number of nitrogens with zero attached hydrogens (tertiary/aromatic N) is 3. The molecule has 1 atom stereocenters. The molecular formula is C9H14BrN3OS. The highest BCUT2D eigenvalue weighted by Crippen LogP contribution is 2.27. The van der Waals surface area contributed by atoms with Gasteiger partial charge in [0.25, 0.3) is 0 Å². The van der Waals surface area contributed by atoms with Crippen LogP contribution in [0.15, 0.2) is 3.92 Å². The second kappa shape index (κ2) is 5.23. The minimum Gasteiger partial charge on any atom is -0.377 e. The van der Waals surface area contributed by atoms with Crippen LogP contribution in [-0.4, -0.2) is 36.0 Å². The Labute approximate surface area is 102 Å². The Kier molecular flexibility index (Phi) is 3.93. The fraction of sp³-hybridized carbons (Fsp3) is 0.778. The Morgan fingerprint density at radius 3 is 3.13 bits per heavy atom. The van der Waals surface area contributed by atoms with Gasteiger partial charge >= 0.3 is 0 Å². The van der Waals surface area contributed by atoms with Gasteiger partial charge in [-0.25, -0.2) is 0 Å². The molecule has 1 fully saturated rings. The fourth-order valence-electron chi connectivity index (χ4n) is 1.81. The van der Waals surface area contributed by atoms with Crippen molar-refractivity contribution in [3.63, 3.8) is 0 Å². The van der Waals surface area contributed by atoms with Crippen molar-refractivity contribution in [1.82, 2.24) is 10.2 Å². The maximum absolute atomic E-state index is 5.64. The van der Waals surface area contributed by atoms with Crippen molar-refractivity contribution in [2.24, 2.45) is 0 Å². The Balaban J connectivity index is 1.98. The molecule has 1 aromatic heterocycles. The summed E-state index contributed by atoms with van der Waals surface area (Å²) in [6.45, 7) is 4.83. The Bertz CT molecular complexity index is 318. The summed E-state index contributed by atoms with van der Waals surface area (Å²) in [5, 5.41) is 9.08. The van der Waals surface area contributed by atoms with E-state index in [0.717, 1.165) is 35.2 Å². The highest BCUT2D eigenvalue weighted by molar-refractivity contribution is 9.11. The van der Waals surface area contributed by atoms with Gasteiger partial charge < -0.3 is 9.64 Å². The highest BCUT2D eigenvalue weighted by atomic mass is 79.9. The Hall–Kier alpha value is -0.200. The molecule has 0 radical (unpaired) electrons. The first-order valence-corrected chi connectivity index (χ1v) is 6.76. The number of rotatable bonds is 3. The number of hydrogen-bond acceptors (Lipinski definition) is 5. The highest BCUT2D eigenvalue weighted by Gasteiger charge is 2.22. The Morgan fingerprint density at radius 2 is 2.47 bits per heavy atom. The third-order valence-corrected chi connectivity index (χ3v) is 3.86. The van der Waals surface area contributed by atoms with E-state index < -0.39 is 0 Å². The van der Waals surface area contributed by atoms with Crippen LogP contribution in [0.3, 0.4) is 0 Å². The van der Waals surface area contributed by atoms with Crippen LogP contribution in [0.4, 0.5) is 5.13 Å². The lowest BCUT2D eigenvalue weighted by molar-refractivity contribution is 0.0526. The topological polar surface area (TPSA) is 38.2 Å². The van der Waals surface area contributed by atoms with E-state index in [1.54, 1.807) is 11.3 Å². The molecule has 1 aliphatic rings. The molecule has 0 amide bonds. The predicted molar refractivity (Wildman–Crippen MR) is 64.5 cm³/mol.